The van der Waals surface area contributed by atoms with Gasteiger partial charge in [-0.05, 0) is 45.1 Å². The lowest BCUT2D eigenvalue weighted by Crippen LogP contribution is -2.47. The quantitative estimate of drug-likeness (QED) is 0.764. The van der Waals surface area contributed by atoms with Gasteiger partial charge in [0.1, 0.15) is 11.4 Å². The molecule has 0 saturated heterocycles. The molecule has 1 aliphatic rings. The second-order valence-electron chi connectivity index (χ2n) is 8.24. The number of rotatable bonds is 6. The van der Waals surface area contributed by atoms with Crippen LogP contribution in [0.1, 0.15) is 82.3 Å². The van der Waals surface area contributed by atoms with Crippen LogP contribution in [0.4, 0.5) is 5.82 Å². The second-order valence-corrected chi connectivity index (χ2v) is 8.24. The number of aromatic nitrogens is 2. The molecule has 1 aromatic heterocycles. The van der Waals surface area contributed by atoms with E-state index in [2.05, 4.69) is 74.6 Å². The van der Waals surface area contributed by atoms with Crippen molar-refractivity contribution in [1.29, 1.82) is 0 Å². The first-order chi connectivity index (χ1) is 12.9. The number of nitrogens with one attached hydrogen (secondary N) is 2. The van der Waals surface area contributed by atoms with Crippen molar-refractivity contribution in [2.45, 2.75) is 77.4 Å². The highest BCUT2D eigenvalue weighted by atomic mass is 16.1. The lowest BCUT2D eigenvalue weighted by molar-refractivity contribution is 0.0888. The first-order valence-corrected chi connectivity index (χ1v) is 10.1. The molecule has 0 aliphatic carbocycles. The fraction of sp³-hybridized carbons (Fsp3) is 0.545. The largest absolute Gasteiger partial charge is 0.363 e. The van der Waals surface area contributed by atoms with Crippen molar-refractivity contribution in [3.63, 3.8) is 0 Å². The van der Waals surface area contributed by atoms with Crippen molar-refractivity contribution >= 4 is 11.7 Å². The van der Waals surface area contributed by atoms with E-state index in [9.17, 15) is 4.79 Å². The van der Waals surface area contributed by atoms with Crippen LogP contribution in [0.2, 0.25) is 0 Å². The van der Waals surface area contributed by atoms with Gasteiger partial charge in [-0.25, -0.2) is 4.68 Å². The zero-order chi connectivity index (χ0) is 19.7. The number of amides is 1. The van der Waals surface area contributed by atoms with Crippen LogP contribution in [-0.4, -0.2) is 21.2 Å². The van der Waals surface area contributed by atoms with Gasteiger partial charge in [-0.1, -0.05) is 51.1 Å². The Morgan fingerprint density at radius 1 is 1.22 bits per heavy atom. The molecule has 2 aromatic rings. The minimum absolute atomic E-state index is 0.0428. The van der Waals surface area contributed by atoms with E-state index < -0.39 is 0 Å². The van der Waals surface area contributed by atoms with E-state index in [1.165, 1.54) is 5.56 Å². The van der Waals surface area contributed by atoms with Crippen LogP contribution in [0.15, 0.2) is 36.5 Å². The highest BCUT2D eigenvalue weighted by Crippen LogP contribution is 2.40. The number of hydrogen-bond acceptors (Lipinski definition) is 3. The molecule has 0 spiro atoms. The zero-order valence-electron chi connectivity index (χ0n) is 17.2. The standard InChI is InChI=1S/C22H32N4O/c1-6-22(7-2,8-3)25-20(27)17-15-23-26-19(17)24-18(14-21(26,4)5)16-12-10-9-11-13-16/h9-13,15,18,24H,6-8,14H2,1-5H3,(H,25,27). The molecule has 0 bridgehead atoms. The maximum atomic E-state index is 13.1. The van der Waals surface area contributed by atoms with E-state index in [1.54, 1.807) is 6.20 Å². The lowest BCUT2D eigenvalue weighted by Gasteiger charge is -2.38. The fourth-order valence-electron chi connectivity index (χ4n) is 4.12. The van der Waals surface area contributed by atoms with Crippen molar-refractivity contribution < 1.29 is 4.79 Å². The average molecular weight is 369 g/mol. The molecule has 5 heteroatoms. The van der Waals surface area contributed by atoms with Gasteiger partial charge in [-0.3, -0.25) is 4.79 Å². The topological polar surface area (TPSA) is 59.0 Å². The SMILES string of the molecule is CCC(CC)(CC)NC(=O)c1cnn2c1NC(c1ccccc1)CC2(C)C. The fourth-order valence-corrected chi connectivity index (χ4v) is 4.12. The third kappa shape index (κ3) is 3.60. The average Bonchev–Trinajstić information content (AvgIpc) is 3.12. The van der Waals surface area contributed by atoms with E-state index in [0.29, 0.717) is 5.56 Å². The Hall–Kier alpha value is -2.30. The van der Waals surface area contributed by atoms with E-state index >= 15 is 0 Å². The lowest BCUT2D eigenvalue weighted by atomic mass is 9.88. The van der Waals surface area contributed by atoms with Crippen molar-refractivity contribution in [3.05, 3.63) is 47.7 Å². The highest BCUT2D eigenvalue weighted by molar-refractivity contribution is 5.99. The molecule has 2 heterocycles. The zero-order valence-corrected chi connectivity index (χ0v) is 17.2. The number of benzene rings is 1. The Balaban J connectivity index is 1.94. The van der Waals surface area contributed by atoms with E-state index in [1.807, 2.05) is 10.7 Å². The summed E-state index contributed by atoms with van der Waals surface area (Å²) >= 11 is 0. The minimum atomic E-state index is -0.170. The summed E-state index contributed by atoms with van der Waals surface area (Å²) in [5.74, 6) is 0.772. The van der Waals surface area contributed by atoms with Crippen LogP contribution in [0.25, 0.3) is 0 Å². The van der Waals surface area contributed by atoms with Gasteiger partial charge in [-0.15, -0.1) is 0 Å². The predicted molar refractivity (Wildman–Crippen MR) is 110 cm³/mol. The third-order valence-electron chi connectivity index (χ3n) is 6.21. The number of anilines is 1. The first kappa shape index (κ1) is 19.5. The molecule has 27 heavy (non-hydrogen) atoms. The number of hydrogen-bond donors (Lipinski definition) is 2. The molecule has 0 saturated carbocycles. The van der Waals surface area contributed by atoms with Crippen LogP contribution in [0, 0.1) is 0 Å². The molecule has 1 amide bonds. The van der Waals surface area contributed by atoms with Gasteiger partial charge in [0.25, 0.3) is 5.91 Å². The van der Waals surface area contributed by atoms with Crippen LogP contribution in [-0.2, 0) is 5.54 Å². The summed E-state index contributed by atoms with van der Waals surface area (Å²) < 4.78 is 1.97. The van der Waals surface area contributed by atoms with Gasteiger partial charge in [-0.2, -0.15) is 5.10 Å². The molecule has 1 aromatic carbocycles. The molecular weight excluding hydrogens is 336 g/mol. The number of nitrogens with zero attached hydrogens (tertiary/aromatic N) is 2. The van der Waals surface area contributed by atoms with Crippen molar-refractivity contribution in [2.24, 2.45) is 0 Å². The highest BCUT2D eigenvalue weighted by Gasteiger charge is 2.37. The van der Waals surface area contributed by atoms with Gasteiger partial charge >= 0.3 is 0 Å². The Morgan fingerprint density at radius 2 is 1.85 bits per heavy atom. The maximum absolute atomic E-state index is 13.1. The summed E-state index contributed by atoms with van der Waals surface area (Å²) in [5.41, 5.74) is 1.53. The van der Waals surface area contributed by atoms with Gasteiger partial charge < -0.3 is 10.6 Å². The summed E-state index contributed by atoms with van der Waals surface area (Å²) in [5, 5.41) is 11.4. The van der Waals surface area contributed by atoms with Crippen LogP contribution < -0.4 is 10.6 Å². The molecule has 3 rings (SSSR count). The third-order valence-corrected chi connectivity index (χ3v) is 6.21. The molecule has 1 unspecified atom stereocenters. The number of carbonyl (C=O) groups is 1. The molecule has 0 radical (unpaired) electrons. The molecule has 146 valence electrons. The van der Waals surface area contributed by atoms with Crippen LogP contribution >= 0.6 is 0 Å². The van der Waals surface area contributed by atoms with Gasteiger partial charge in [0, 0.05) is 5.54 Å². The molecular formula is C22H32N4O. The maximum Gasteiger partial charge on any atom is 0.257 e. The molecule has 2 N–H and O–H groups in total. The van der Waals surface area contributed by atoms with Crippen molar-refractivity contribution in [2.75, 3.05) is 5.32 Å². The Bertz CT molecular complexity index is 782. The van der Waals surface area contributed by atoms with Gasteiger partial charge in [0.05, 0.1) is 17.8 Å². The summed E-state index contributed by atoms with van der Waals surface area (Å²) in [6.45, 7) is 10.8. The van der Waals surface area contributed by atoms with Crippen molar-refractivity contribution in [1.82, 2.24) is 15.1 Å². The molecule has 0 fully saturated rings. The van der Waals surface area contributed by atoms with Gasteiger partial charge in [0.15, 0.2) is 0 Å². The summed E-state index contributed by atoms with van der Waals surface area (Å²) in [6, 6.07) is 10.6. The van der Waals surface area contributed by atoms with E-state index in [0.717, 1.165) is 31.5 Å². The Morgan fingerprint density at radius 3 is 2.44 bits per heavy atom. The monoisotopic (exact) mass is 368 g/mol. The molecule has 5 nitrogen and oxygen atoms in total. The summed E-state index contributed by atoms with van der Waals surface area (Å²) in [7, 11) is 0. The Labute approximate surface area is 162 Å². The van der Waals surface area contributed by atoms with Crippen molar-refractivity contribution in [3.8, 4) is 0 Å². The molecule has 1 aliphatic heterocycles. The van der Waals surface area contributed by atoms with Crippen LogP contribution in [0.3, 0.4) is 0 Å². The first-order valence-electron chi connectivity index (χ1n) is 10.1. The predicted octanol–water partition coefficient (Wildman–Crippen LogP) is 4.87. The summed E-state index contributed by atoms with van der Waals surface area (Å²) in [4.78, 5) is 13.1. The summed E-state index contributed by atoms with van der Waals surface area (Å²) in [6.07, 6.45) is 5.37. The second kappa shape index (κ2) is 7.37. The van der Waals surface area contributed by atoms with E-state index in [4.69, 9.17) is 0 Å². The number of carbonyl (C=O) groups excluding carboxylic acids is 1. The smallest absolute Gasteiger partial charge is 0.257 e. The van der Waals surface area contributed by atoms with Gasteiger partial charge in [0.2, 0.25) is 0 Å². The number of fused-ring (bicyclic) bond motifs is 1. The minimum Gasteiger partial charge on any atom is -0.363 e. The molecule has 1 atom stereocenters. The van der Waals surface area contributed by atoms with Crippen LogP contribution in [0.5, 0.6) is 0 Å². The normalized spacial score (nSPS) is 18.5. The Kier molecular flexibility index (Phi) is 5.31. The van der Waals surface area contributed by atoms with E-state index in [-0.39, 0.29) is 23.0 Å².